The van der Waals surface area contributed by atoms with E-state index >= 15 is 0 Å². The zero-order valence-corrected chi connectivity index (χ0v) is 16.2. The van der Waals surface area contributed by atoms with E-state index in [1.807, 2.05) is 36.5 Å². The molecule has 0 aliphatic rings. The van der Waals surface area contributed by atoms with Crippen molar-refractivity contribution < 1.29 is 4.39 Å². The maximum Gasteiger partial charge on any atom is 0.181 e. The van der Waals surface area contributed by atoms with Crippen LogP contribution >= 0.6 is 11.3 Å². The summed E-state index contributed by atoms with van der Waals surface area (Å²) in [7, 11) is 0. The Morgan fingerprint density at radius 3 is 2.70 bits per heavy atom. The van der Waals surface area contributed by atoms with Gasteiger partial charge in [0.2, 0.25) is 0 Å². The van der Waals surface area contributed by atoms with Crippen LogP contribution in [0.4, 0.5) is 4.39 Å². The largest absolute Gasteiger partial charge is 0.338 e. The molecular weight excluding hydrogens is 399 g/mol. The van der Waals surface area contributed by atoms with Gasteiger partial charge in [-0.1, -0.05) is 6.07 Å². The Bertz CT molecular complexity index is 1520. The van der Waals surface area contributed by atoms with E-state index in [4.69, 9.17) is 0 Å². The maximum absolute atomic E-state index is 13.6. The summed E-state index contributed by atoms with van der Waals surface area (Å²) in [6, 6.07) is 13.1. The van der Waals surface area contributed by atoms with Crippen LogP contribution in [0.5, 0.6) is 0 Å². The van der Waals surface area contributed by atoms with Gasteiger partial charge < -0.3 is 4.98 Å². The molecule has 0 aliphatic heterocycles. The maximum atomic E-state index is 13.6. The molecule has 6 rings (SSSR count). The van der Waals surface area contributed by atoms with Crippen molar-refractivity contribution in [3.63, 3.8) is 0 Å². The van der Waals surface area contributed by atoms with Crippen molar-refractivity contribution in [3.8, 4) is 33.0 Å². The SMILES string of the molecule is Fc1ccc(-c2ccnc3[nH]c(-c4[nH]nc5ncc(-c6cccnc6)cc45)cc23)s1. The molecule has 0 radical (unpaired) electrons. The van der Waals surface area contributed by atoms with E-state index in [-0.39, 0.29) is 5.13 Å². The summed E-state index contributed by atoms with van der Waals surface area (Å²) in [5.41, 5.74) is 5.91. The molecule has 2 N–H and O–H groups in total. The number of halogens is 1. The topological polar surface area (TPSA) is 83.1 Å². The Labute approximate surface area is 173 Å². The van der Waals surface area contributed by atoms with Crippen molar-refractivity contribution in [2.24, 2.45) is 0 Å². The lowest BCUT2D eigenvalue weighted by Gasteiger charge is -2.01. The Morgan fingerprint density at radius 1 is 0.900 bits per heavy atom. The fourth-order valence-electron chi connectivity index (χ4n) is 3.63. The van der Waals surface area contributed by atoms with Gasteiger partial charge in [0.05, 0.1) is 11.4 Å². The Balaban J connectivity index is 1.52. The summed E-state index contributed by atoms with van der Waals surface area (Å²) in [5.74, 6) is 0. The molecule has 0 saturated heterocycles. The number of pyridine rings is 3. The normalized spacial score (nSPS) is 11.5. The van der Waals surface area contributed by atoms with Gasteiger partial charge >= 0.3 is 0 Å². The van der Waals surface area contributed by atoms with Crippen LogP contribution in [-0.2, 0) is 0 Å². The third kappa shape index (κ3) is 2.69. The van der Waals surface area contributed by atoms with Gasteiger partial charge in [0, 0.05) is 57.1 Å². The molecule has 8 heteroatoms. The number of H-pyrrole nitrogens is 2. The monoisotopic (exact) mass is 412 g/mol. The van der Waals surface area contributed by atoms with Crippen LogP contribution < -0.4 is 0 Å². The van der Waals surface area contributed by atoms with E-state index < -0.39 is 0 Å². The van der Waals surface area contributed by atoms with Crippen LogP contribution in [0.1, 0.15) is 0 Å². The summed E-state index contributed by atoms with van der Waals surface area (Å²) in [4.78, 5) is 17.3. The van der Waals surface area contributed by atoms with Crippen LogP contribution in [0.2, 0.25) is 0 Å². The van der Waals surface area contributed by atoms with Crippen LogP contribution in [0.3, 0.4) is 0 Å². The number of aromatic amines is 2. The second-order valence-corrected chi connectivity index (χ2v) is 7.88. The first-order valence-corrected chi connectivity index (χ1v) is 10.1. The first kappa shape index (κ1) is 17.0. The molecule has 0 spiro atoms. The first-order valence-electron chi connectivity index (χ1n) is 9.24. The predicted molar refractivity (Wildman–Crippen MR) is 115 cm³/mol. The molecule has 0 unspecified atom stereocenters. The molecule has 0 amide bonds. The van der Waals surface area contributed by atoms with Crippen LogP contribution in [-0.4, -0.2) is 30.1 Å². The minimum atomic E-state index is -0.209. The highest BCUT2D eigenvalue weighted by molar-refractivity contribution is 7.14. The lowest BCUT2D eigenvalue weighted by molar-refractivity contribution is 0.657. The van der Waals surface area contributed by atoms with Gasteiger partial charge in [-0.2, -0.15) is 9.49 Å². The molecule has 0 atom stereocenters. The number of hydrogen-bond acceptors (Lipinski definition) is 5. The Morgan fingerprint density at radius 2 is 1.87 bits per heavy atom. The molecule has 30 heavy (non-hydrogen) atoms. The van der Waals surface area contributed by atoms with Gasteiger partial charge in [-0.3, -0.25) is 10.1 Å². The van der Waals surface area contributed by atoms with Gasteiger partial charge in [-0.25, -0.2) is 9.97 Å². The highest BCUT2D eigenvalue weighted by Gasteiger charge is 2.16. The van der Waals surface area contributed by atoms with Gasteiger partial charge in [-0.05, 0) is 36.4 Å². The average Bonchev–Trinajstić information content (AvgIpc) is 3.51. The molecule has 6 heterocycles. The summed E-state index contributed by atoms with van der Waals surface area (Å²) >= 11 is 1.12. The predicted octanol–water partition coefficient (Wildman–Crippen LogP) is 5.43. The molecule has 0 bridgehead atoms. The molecule has 144 valence electrons. The molecule has 0 aliphatic carbocycles. The van der Waals surface area contributed by atoms with Crippen molar-refractivity contribution in [2.75, 3.05) is 0 Å². The lowest BCUT2D eigenvalue weighted by atomic mass is 10.1. The average molecular weight is 412 g/mol. The quantitative estimate of drug-likeness (QED) is 0.406. The highest BCUT2D eigenvalue weighted by atomic mass is 32.1. The zero-order valence-electron chi connectivity index (χ0n) is 15.4. The van der Waals surface area contributed by atoms with Gasteiger partial charge in [0.25, 0.3) is 0 Å². The summed E-state index contributed by atoms with van der Waals surface area (Å²) in [6.45, 7) is 0. The smallest absolute Gasteiger partial charge is 0.181 e. The molecular formula is C22H13FN6S. The number of nitrogens with one attached hydrogen (secondary N) is 2. The number of thiophene rings is 1. The van der Waals surface area contributed by atoms with Crippen molar-refractivity contribution in [1.82, 2.24) is 30.1 Å². The van der Waals surface area contributed by atoms with E-state index in [2.05, 4.69) is 30.1 Å². The third-order valence-electron chi connectivity index (χ3n) is 5.04. The van der Waals surface area contributed by atoms with E-state index in [1.54, 1.807) is 24.7 Å². The lowest BCUT2D eigenvalue weighted by Crippen LogP contribution is -1.83. The summed E-state index contributed by atoms with van der Waals surface area (Å²) in [5, 5.41) is 9.04. The third-order valence-corrected chi connectivity index (χ3v) is 5.95. The molecule has 6 aromatic heterocycles. The molecule has 0 fully saturated rings. The molecule has 0 aromatic carbocycles. The minimum absolute atomic E-state index is 0.209. The van der Waals surface area contributed by atoms with E-state index in [0.29, 0.717) is 5.65 Å². The molecule has 0 saturated carbocycles. The number of rotatable bonds is 3. The zero-order chi connectivity index (χ0) is 20.1. The van der Waals surface area contributed by atoms with E-state index in [0.717, 1.165) is 60.7 Å². The van der Waals surface area contributed by atoms with Gasteiger partial charge in [-0.15, -0.1) is 11.3 Å². The Kier molecular flexibility index (Phi) is 3.72. The van der Waals surface area contributed by atoms with Crippen molar-refractivity contribution in [2.45, 2.75) is 0 Å². The number of aromatic nitrogens is 6. The first-order chi connectivity index (χ1) is 14.8. The summed E-state index contributed by atoms with van der Waals surface area (Å²) in [6.07, 6.45) is 7.07. The minimum Gasteiger partial charge on any atom is -0.338 e. The second kappa shape index (κ2) is 6.57. The van der Waals surface area contributed by atoms with Crippen molar-refractivity contribution in [1.29, 1.82) is 0 Å². The highest BCUT2D eigenvalue weighted by Crippen LogP contribution is 2.36. The number of fused-ring (bicyclic) bond motifs is 2. The molecule has 6 nitrogen and oxygen atoms in total. The fraction of sp³-hybridized carbons (Fsp3) is 0. The van der Waals surface area contributed by atoms with Crippen LogP contribution in [0, 0.1) is 5.13 Å². The fourth-order valence-corrected chi connectivity index (χ4v) is 4.40. The van der Waals surface area contributed by atoms with E-state index in [9.17, 15) is 4.39 Å². The summed E-state index contributed by atoms with van der Waals surface area (Å²) < 4.78 is 13.6. The Hall–Kier alpha value is -3.91. The molecule has 6 aromatic rings. The van der Waals surface area contributed by atoms with Crippen LogP contribution in [0.15, 0.2) is 67.3 Å². The van der Waals surface area contributed by atoms with Gasteiger partial charge in [0.15, 0.2) is 10.8 Å². The van der Waals surface area contributed by atoms with Crippen molar-refractivity contribution >= 4 is 33.4 Å². The standard InChI is InChI=1S/C22H13FN6S/c23-19-4-3-18(30-19)14-5-7-25-21-15(14)9-17(27-21)20-16-8-13(11-26-22(16)29-28-20)12-2-1-6-24-10-12/h1-11H,(H,25,27)(H,26,28,29). The number of nitrogens with zero attached hydrogens (tertiary/aromatic N) is 4. The second-order valence-electron chi connectivity index (χ2n) is 6.84. The van der Waals surface area contributed by atoms with Crippen molar-refractivity contribution in [3.05, 3.63) is 72.4 Å². The van der Waals surface area contributed by atoms with Gasteiger partial charge in [0.1, 0.15) is 5.65 Å². The number of hydrogen-bond donors (Lipinski definition) is 2. The van der Waals surface area contributed by atoms with E-state index in [1.165, 1.54) is 6.07 Å². The van der Waals surface area contributed by atoms with Crippen LogP contribution in [0.25, 0.3) is 55.0 Å².